The zero-order valence-corrected chi connectivity index (χ0v) is 17.7. The number of rotatable bonds is 4. The van der Waals surface area contributed by atoms with Crippen molar-refractivity contribution in [2.45, 2.75) is 51.4 Å². The lowest BCUT2D eigenvalue weighted by Crippen LogP contribution is -2.45. The molecule has 2 heterocycles. The number of fused-ring (bicyclic) bond motifs is 1. The number of aromatic nitrogens is 1. The van der Waals surface area contributed by atoms with Gasteiger partial charge in [-0.25, -0.2) is 14.6 Å². The smallest absolute Gasteiger partial charge is 0.475 e. The van der Waals surface area contributed by atoms with Crippen molar-refractivity contribution in [2.24, 2.45) is 0 Å². The van der Waals surface area contributed by atoms with E-state index in [4.69, 9.17) is 19.6 Å². The van der Waals surface area contributed by atoms with Gasteiger partial charge in [0.05, 0.1) is 13.2 Å². The average Bonchev–Trinajstić information content (AvgIpc) is 3.13. The summed E-state index contributed by atoms with van der Waals surface area (Å²) >= 11 is 0. The molecule has 0 radical (unpaired) electrons. The van der Waals surface area contributed by atoms with Gasteiger partial charge in [-0.2, -0.15) is 13.2 Å². The Balaban J connectivity index is 0.000000423. The molecule has 0 saturated heterocycles. The number of amides is 2. The quantitative estimate of drug-likeness (QED) is 0.739. The minimum absolute atomic E-state index is 0.0574. The summed E-state index contributed by atoms with van der Waals surface area (Å²) in [6.45, 7) is 5.55. The first-order chi connectivity index (χ1) is 14.6. The van der Waals surface area contributed by atoms with Crippen LogP contribution in [-0.2, 0) is 16.1 Å². The number of alkyl halides is 3. The summed E-state index contributed by atoms with van der Waals surface area (Å²) in [4.78, 5) is 30.4. The molecule has 2 N–H and O–H groups in total. The number of nitrogens with one attached hydrogen (secondary N) is 1. The lowest BCUT2D eigenvalue weighted by molar-refractivity contribution is -0.192. The van der Waals surface area contributed by atoms with Gasteiger partial charge in [-0.15, -0.1) is 0 Å². The summed E-state index contributed by atoms with van der Waals surface area (Å²) in [5.74, 6) is -1.77. The van der Waals surface area contributed by atoms with E-state index in [1.54, 1.807) is 7.11 Å². The number of carboxylic acids is 1. The van der Waals surface area contributed by atoms with Gasteiger partial charge < -0.3 is 25.0 Å². The van der Waals surface area contributed by atoms with E-state index in [0.29, 0.717) is 25.7 Å². The van der Waals surface area contributed by atoms with Crippen LogP contribution in [0.2, 0.25) is 0 Å². The molecule has 1 aromatic heterocycles. The number of aryl methyl sites for hydroxylation is 1. The fraction of sp³-hybridized carbons (Fsp3) is 0.650. The Kier molecular flexibility index (Phi) is 8.90. The van der Waals surface area contributed by atoms with E-state index in [1.165, 1.54) is 12.8 Å². The van der Waals surface area contributed by atoms with Gasteiger partial charge >= 0.3 is 18.2 Å². The van der Waals surface area contributed by atoms with Crippen molar-refractivity contribution in [3.05, 3.63) is 23.4 Å². The Morgan fingerprint density at radius 2 is 1.90 bits per heavy atom. The molecule has 1 fully saturated rings. The summed E-state index contributed by atoms with van der Waals surface area (Å²) in [5.41, 5.74) is 2.11. The number of aliphatic carboxylic acids is 1. The Morgan fingerprint density at radius 3 is 2.48 bits per heavy atom. The molecule has 8 nitrogen and oxygen atoms in total. The molecular weight excluding hydrogens is 417 g/mol. The summed E-state index contributed by atoms with van der Waals surface area (Å²) < 4.78 is 37.0. The fourth-order valence-corrected chi connectivity index (χ4v) is 3.53. The lowest BCUT2D eigenvalue weighted by Gasteiger charge is -2.24. The number of ether oxygens (including phenoxy) is 1. The van der Waals surface area contributed by atoms with Crippen molar-refractivity contribution < 1.29 is 32.6 Å². The van der Waals surface area contributed by atoms with Gasteiger partial charge in [0.15, 0.2) is 0 Å². The van der Waals surface area contributed by atoms with Crippen LogP contribution in [-0.4, -0.2) is 72.6 Å². The number of hydrogen-bond donors (Lipinski definition) is 2. The number of anilines is 1. The van der Waals surface area contributed by atoms with E-state index in [9.17, 15) is 18.0 Å². The second-order valence-corrected chi connectivity index (χ2v) is 7.57. The molecule has 2 aliphatic rings. The Labute approximate surface area is 179 Å². The van der Waals surface area contributed by atoms with Crippen molar-refractivity contribution in [3.63, 3.8) is 0 Å². The largest absolute Gasteiger partial charge is 0.490 e. The first kappa shape index (κ1) is 24.7. The van der Waals surface area contributed by atoms with Crippen LogP contribution in [0.25, 0.3) is 0 Å². The highest BCUT2D eigenvalue weighted by molar-refractivity contribution is 5.75. The highest BCUT2D eigenvalue weighted by Gasteiger charge is 2.38. The third kappa shape index (κ3) is 7.57. The molecule has 1 aliphatic heterocycles. The maximum absolute atomic E-state index is 12.7. The van der Waals surface area contributed by atoms with Crippen molar-refractivity contribution in [1.29, 1.82) is 0 Å². The molecule has 0 bridgehead atoms. The van der Waals surface area contributed by atoms with E-state index in [1.807, 2.05) is 17.9 Å². The number of halogens is 3. The lowest BCUT2D eigenvalue weighted by atomic mass is 10.2. The number of carbonyl (C=O) groups excluding carboxylic acids is 1. The molecular formula is C20H29F3N4O4. The van der Waals surface area contributed by atoms with Crippen LogP contribution < -0.4 is 10.2 Å². The van der Waals surface area contributed by atoms with Gasteiger partial charge in [-0.3, -0.25) is 0 Å². The van der Waals surface area contributed by atoms with E-state index in [2.05, 4.69) is 16.3 Å². The second kappa shape index (κ2) is 11.2. The summed E-state index contributed by atoms with van der Waals surface area (Å²) in [6, 6.07) is 4.52. The molecule has 31 heavy (non-hydrogen) atoms. The molecule has 11 heteroatoms. The number of carbonyl (C=O) groups is 2. The van der Waals surface area contributed by atoms with Crippen molar-refractivity contribution in [3.8, 4) is 0 Å². The molecule has 0 unspecified atom stereocenters. The van der Waals surface area contributed by atoms with Gasteiger partial charge in [-0.05, 0) is 25.8 Å². The van der Waals surface area contributed by atoms with Crippen LogP contribution >= 0.6 is 0 Å². The van der Waals surface area contributed by atoms with E-state index in [-0.39, 0.29) is 6.03 Å². The van der Waals surface area contributed by atoms with Crippen molar-refractivity contribution in [1.82, 2.24) is 15.2 Å². The van der Waals surface area contributed by atoms with Crippen LogP contribution in [0.1, 0.15) is 36.9 Å². The monoisotopic (exact) mass is 446 g/mol. The maximum Gasteiger partial charge on any atom is 0.490 e. The topological polar surface area (TPSA) is 95.0 Å². The first-order valence-electron chi connectivity index (χ1n) is 10.2. The summed E-state index contributed by atoms with van der Waals surface area (Å²) in [5, 5.41) is 10.3. The van der Waals surface area contributed by atoms with Crippen LogP contribution in [0.4, 0.5) is 23.8 Å². The third-order valence-corrected chi connectivity index (χ3v) is 5.17. The van der Waals surface area contributed by atoms with Gasteiger partial charge in [0, 0.05) is 44.0 Å². The van der Waals surface area contributed by atoms with E-state index >= 15 is 0 Å². The summed E-state index contributed by atoms with van der Waals surface area (Å²) in [7, 11) is 1.71. The number of methoxy groups -OCH3 is 1. The number of urea groups is 1. The van der Waals surface area contributed by atoms with Crippen molar-refractivity contribution in [2.75, 3.05) is 38.3 Å². The molecule has 174 valence electrons. The van der Waals surface area contributed by atoms with Crippen LogP contribution in [0.15, 0.2) is 12.1 Å². The predicted molar refractivity (Wildman–Crippen MR) is 108 cm³/mol. The molecule has 3 rings (SSSR count). The fourth-order valence-electron chi connectivity index (χ4n) is 3.53. The molecule has 1 aliphatic carbocycles. The zero-order valence-electron chi connectivity index (χ0n) is 17.7. The minimum atomic E-state index is -5.08. The number of hydrogen-bond acceptors (Lipinski definition) is 5. The Hall–Kier alpha value is -2.56. The molecule has 2 amide bonds. The summed E-state index contributed by atoms with van der Waals surface area (Å²) in [6.07, 6.45) is -0.419. The highest BCUT2D eigenvalue weighted by Crippen LogP contribution is 2.24. The second-order valence-electron chi connectivity index (χ2n) is 7.57. The van der Waals surface area contributed by atoms with Gasteiger partial charge in [0.1, 0.15) is 5.82 Å². The average molecular weight is 446 g/mol. The molecule has 0 spiro atoms. The third-order valence-electron chi connectivity index (χ3n) is 5.17. The molecule has 0 aromatic carbocycles. The molecule has 1 saturated carbocycles. The van der Waals surface area contributed by atoms with Gasteiger partial charge in [0.2, 0.25) is 0 Å². The van der Waals surface area contributed by atoms with Crippen LogP contribution in [0.3, 0.4) is 0 Å². The highest BCUT2D eigenvalue weighted by atomic mass is 19.4. The Morgan fingerprint density at radius 1 is 1.26 bits per heavy atom. The van der Waals surface area contributed by atoms with Gasteiger partial charge in [-0.1, -0.05) is 18.9 Å². The normalized spacial score (nSPS) is 16.8. The molecule has 1 aromatic rings. The Bertz CT molecular complexity index is 754. The van der Waals surface area contributed by atoms with Crippen molar-refractivity contribution >= 4 is 17.8 Å². The van der Waals surface area contributed by atoms with E-state index in [0.717, 1.165) is 43.0 Å². The van der Waals surface area contributed by atoms with Crippen LogP contribution in [0.5, 0.6) is 0 Å². The zero-order chi connectivity index (χ0) is 23.0. The first-order valence-corrected chi connectivity index (χ1v) is 10.2. The van der Waals surface area contributed by atoms with Gasteiger partial charge in [0.25, 0.3) is 0 Å². The SMILES string of the molecule is COCCN1CCN(C(=O)NC2CCCC2)Cc2ccc(C)nc21.O=C(O)C(F)(F)F. The van der Waals surface area contributed by atoms with E-state index < -0.39 is 12.1 Å². The predicted octanol–water partition coefficient (Wildman–Crippen LogP) is 2.94. The number of carboxylic acid groups (broad SMARTS) is 1. The standard InChI is InChI=1S/C18H28N4O2.C2HF3O2/c1-14-7-8-15-13-22(18(23)20-16-5-3-4-6-16)10-9-21(11-12-24-2)17(15)19-14;3-2(4,5)1(6)7/h7-8,16H,3-6,9-13H2,1-2H3,(H,20,23);(H,6,7). The molecule has 0 atom stereocenters. The maximum atomic E-state index is 12.7. The van der Waals surface area contributed by atoms with Crippen LogP contribution in [0, 0.1) is 6.92 Å². The number of pyridine rings is 1. The number of nitrogens with zero attached hydrogens (tertiary/aromatic N) is 3. The minimum Gasteiger partial charge on any atom is -0.475 e.